The van der Waals surface area contributed by atoms with Gasteiger partial charge in [0.2, 0.25) is 0 Å². The summed E-state index contributed by atoms with van der Waals surface area (Å²) in [7, 11) is 1.75. The summed E-state index contributed by atoms with van der Waals surface area (Å²) in [6.07, 6.45) is 11.1. The summed E-state index contributed by atoms with van der Waals surface area (Å²) in [5.74, 6) is 2.01. The van der Waals surface area contributed by atoms with Crippen LogP contribution in [0, 0.1) is 5.92 Å². The molecular formula is C18H27NO. The molecule has 20 heavy (non-hydrogen) atoms. The zero-order valence-electron chi connectivity index (χ0n) is 12.7. The zero-order chi connectivity index (χ0) is 13.8. The molecule has 2 aliphatic rings. The lowest BCUT2D eigenvalue weighted by Gasteiger charge is -2.16. The number of fused-ring (bicyclic) bond motifs is 1. The van der Waals surface area contributed by atoms with Crippen molar-refractivity contribution in [3.05, 3.63) is 29.3 Å². The van der Waals surface area contributed by atoms with Gasteiger partial charge < -0.3 is 10.1 Å². The number of aryl methyl sites for hydroxylation is 1. The van der Waals surface area contributed by atoms with Gasteiger partial charge in [0.05, 0.1) is 7.11 Å². The highest BCUT2D eigenvalue weighted by Crippen LogP contribution is 2.34. The van der Waals surface area contributed by atoms with Gasteiger partial charge in [-0.15, -0.1) is 0 Å². The number of ether oxygens (including phenoxy) is 1. The summed E-state index contributed by atoms with van der Waals surface area (Å²) >= 11 is 0. The molecule has 0 heterocycles. The molecule has 0 amide bonds. The van der Waals surface area contributed by atoms with Crippen LogP contribution in [0.15, 0.2) is 18.2 Å². The van der Waals surface area contributed by atoms with Crippen LogP contribution < -0.4 is 10.1 Å². The molecule has 2 nitrogen and oxygen atoms in total. The third-order valence-electron chi connectivity index (χ3n) is 5.09. The third-order valence-corrected chi connectivity index (χ3v) is 5.09. The highest BCUT2D eigenvalue weighted by Gasteiger charge is 2.22. The maximum Gasteiger partial charge on any atom is 0.119 e. The van der Waals surface area contributed by atoms with E-state index >= 15 is 0 Å². The highest BCUT2D eigenvalue weighted by molar-refractivity contribution is 5.40. The van der Waals surface area contributed by atoms with Crippen molar-refractivity contribution in [2.75, 3.05) is 13.7 Å². The molecule has 3 rings (SSSR count). The predicted molar refractivity (Wildman–Crippen MR) is 83.3 cm³/mol. The third kappa shape index (κ3) is 3.17. The Kier molecular flexibility index (Phi) is 4.62. The molecule has 0 saturated heterocycles. The van der Waals surface area contributed by atoms with Gasteiger partial charge >= 0.3 is 0 Å². The van der Waals surface area contributed by atoms with Crippen molar-refractivity contribution in [2.24, 2.45) is 5.92 Å². The average Bonchev–Trinajstić information content (AvgIpc) is 3.13. The molecule has 0 aliphatic heterocycles. The molecule has 1 N–H and O–H groups in total. The monoisotopic (exact) mass is 273 g/mol. The number of hydrogen-bond acceptors (Lipinski definition) is 2. The van der Waals surface area contributed by atoms with Crippen LogP contribution in [0.4, 0.5) is 0 Å². The summed E-state index contributed by atoms with van der Waals surface area (Å²) in [5.41, 5.74) is 2.96. The Balaban J connectivity index is 1.47. The summed E-state index contributed by atoms with van der Waals surface area (Å²) in [5, 5.41) is 3.76. The first kappa shape index (κ1) is 13.9. The summed E-state index contributed by atoms with van der Waals surface area (Å²) in [6, 6.07) is 7.08. The minimum Gasteiger partial charge on any atom is -0.497 e. The van der Waals surface area contributed by atoms with Crippen LogP contribution in [0.2, 0.25) is 0 Å². The van der Waals surface area contributed by atoms with Gasteiger partial charge in [-0.2, -0.15) is 0 Å². The first-order valence-electron chi connectivity index (χ1n) is 8.27. The minimum atomic E-state index is 0.545. The van der Waals surface area contributed by atoms with E-state index in [0.29, 0.717) is 6.04 Å². The second kappa shape index (κ2) is 6.62. The van der Waals surface area contributed by atoms with Gasteiger partial charge in [0.1, 0.15) is 5.75 Å². The lowest BCUT2D eigenvalue weighted by Crippen LogP contribution is -2.20. The van der Waals surface area contributed by atoms with Crippen LogP contribution >= 0.6 is 0 Å². The molecule has 0 bridgehead atoms. The number of rotatable bonds is 6. The Hall–Kier alpha value is -1.02. The molecule has 1 atom stereocenters. The van der Waals surface area contributed by atoms with Gasteiger partial charge in [-0.25, -0.2) is 0 Å². The largest absolute Gasteiger partial charge is 0.497 e. The van der Waals surface area contributed by atoms with Gasteiger partial charge in [-0.05, 0) is 61.4 Å². The molecule has 1 unspecified atom stereocenters. The van der Waals surface area contributed by atoms with E-state index in [1.165, 1.54) is 62.5 Å². The van der Waals surface area contributed by atoms with Gasteiger partial charge in [0.15, 0.2) is 0 Å². The lowest BCUT2D eigenvalue weighted by atomic mass is 10.0. The first-order valence-corrected chi connectivity index (χ1v) is 8.27. The van der Waals surface area contributed by atoms with Crippen LogP contribution in [0.25, 0.3) is 0 Å². The van der Waals surface area contributed by atoms with Crippen molar-refractivity contribution in [3.63, 3.8) is 0 Å². The SMILES string of the molecule is COc1ccc2c(c1)C(NCCCC1CCCC1)CC2. The van der Waals surface area contributed by atoms with Crippen molar-refractivity contribution >= 4 is 0 Å². The molecule has 0 aromatic heterocycles. The second-order valence-electron chi connectivity index (χ2n) is 6.40. The Morgan fingerprint density at radius 2 is 2.05 bits per heavy atom. The van der Waals surface area contributed by atoms with E-state index in [-0.39, 0.29) is 0 Å². The molecule has 0 radical (unpaired) electrons. The van der Waals surface area contributed by atoms with E-state index in [0.717, 1.165) is 18.2 Å². The normalized spacial score (nSPS) is 22.1. The van der Waals surface area contributed by atoms with E-state index < -0.39 is 0 Å². The van der Waals surface area contributed by atoms with Crippen molar-refractivity contribution in [3.8, 4) is 5.75 Å². The minimum absolute atomic E-state index is 0.545. The number of nitrogens with one attached hydrogen (secondary N) is 1. The van der Waals surface area contributed by atoms with Gasteiger partial charge in [0, 0.05) is 6.04 Å². The van der Waals surface area contributed by atoms with Crippen LogP contribution in [0.3, 0.4) is 0 Å². The Morgan fingerprint density at radius 3 is 2.85 bits per heavy atom. The van der Waals surface area contributed by atoms with Crippen molar-refractivity contribution in [1.82, 2.24) is 5.32 Å². The molecular weight excluding hydrogens is 246 g/mol. The number of benzene rings is 1. The maximum absolute atomic E-state index is 5.35. The molecule has 1 saturated carbocycles. The van der Waals surface area contributed by atoms with E-state index in [2.05, 4.69) is 23.5 Å². The van der Waals surface area contributed by atoms with Crippen LogP contribution in [0.5, 0.6) is 5.75 Å². The van der Waals surface area contributed by atoms with Crippen molar-refractivity contribution in [1.29, 1.82) is 0 Å². The second-order valence-corrected chi connectivity index (χ2v) is 6.40. The van der Waals surface area contributed by atoms with Crippen LogP contribution in [-0.4, -0.2) is 13.7 Å². The Morgan fingerprint density at radius 1 is 1.20 bits per heavy atom. The fraction of sp³-hybridized carbons (Fsp3) is 0.667. The van der Waals surface area contributed by atoms with Crippen LogP contribution in [0.1, 0.15) is 62.1 Å². The van der Waals surface area contributed by atoms with E-state index in [1.807, 2.05) is 0 Å². The molecule has 1 aromatic carbocycles. The van der Waals surface area contributed by atoms with Gasteiger partial charge in [-0.3, -0.25) is 0 Å². The van der Waals surface area contributed by atoms with E-state index in [9.17, 15) is 0 Å². The van der Waals surface area contributed by atoms with Gasteiger partial charge in [0.25, 0.3) is 0 Å². The number of hydrogen-bond donors (Lipinski definition) is 1. The average molecular weight is 273 g/mol. The maximum atomic E-state index is 5.35. The van der Waals surface area contributed by atoms with Crippen molar-refractivity contribution < 1.29 is 4.74 Å². The molecule has 1 fully saturated rings. The summed E-state index contributed by atoms with van der Waals surface area (Å²) in [6.45, 7) is 1.16. The molecule has 2 aliphatic carbocycles. The van der Waals surface area contributed by atoms with E-state index in [4.69, 9.17) is 4.74 Å². The lowest BCUT2D eigenvalue weighted by molar-refractivity contribution is 0.412. The topological polar surface area (TPSA) is 21.3 Å². The Labute approximate surface area is 122 Å². The van der Waals surface area contributed by atoms with E-state index in [1.54, 1.807) is 7.11 Å². The van der Waals surface area contributed by atoms with Crippen molar-refractivity contribution in [2.45, 2.75) is 57.4 Å². The quantitative estimate of drug-likeness (QED) is 0.783. The standard InChI is InChI=1S/C18H27NO/c1-20-16-10-8-15-9-11-18(17(15)13-16)19-12-4-7-14-5-2-3-6-14/h8,10,13-14,18-19H,2-7,9,11-12H2,1H3. The predicted octanol–water partition coefficient (Wildman–Crippen LogP) is 4.24. The highest BCUT2D eigenvalue weighted by atomic mass is 16.5. The number of methoxy groups -OCH3 is 1. The molecule has 2 heteroatoms. The fourth-order valence-electron chi connectivity index (χ4n) is 3.89. The first-order chi connectivity index (χ1) is 9.86. The molecule has 1 aromatic rings. The fourth-order valence-corrected chi connectivity index (χ4v) is 3.89. The zero-order valence-corrected chi connectivity index (χ0v) is 12.7. The van der Waals surface area contributed by atoms with Crippen LogP contribution in [-0.2, 0) is 6.42 Å². The van der Waals surface area contributed by atoms with Gasteiger partial charge in [-0.1, -0.05) is 31.7 Å². The summed E-state index contributed by atoms with van der Waals surface area (Å²) in [4.78, 5) is 0. The Bertz CT molecular complexity index is 437. The smallest absolute Gasteiger partial charge is 0.119 e. The summed E-state index contributed by atoms with van der Waals surface area (Å²) < 4.78 is 5.35. The molecule has 110 valence electrons. The molecule has 0 spiro atoms.